The number of ether oxygens (including phenoxy) is 1. The molecular weight excluding hydrogens is 409 g/mol. The summed E-state index contributed by atoms with van der Waals surface area (Å²) in [7, 11) is 0. The molecule has 32 heavy (non-hydrogen) atoms. The van der Waals surface area contributed by atoms with Gasteiger partial charge in [0.2, 0.25) is 0 Å². The van der Waals surface area contributed by atoms with E-state index in [4.69, 9.17) is 9.84 Å². The molecular formula is C25H28FN3O3. The summed E-state index contributed by atoms with van der Waals surface area (Å²) in [6.45, 7) is 3.01. The van der Waals surface area contributed by atoms with E-state index in [0.717, 1.165) is 42.4 Å². The Kier molecular flexibility index (Phi) is 7.32. The lowest BCUT2D eigenvalue weighted by Gasteiger charge is -2.18. The van der Waals surface area contributed by atoms with Crippen molar-refractivity contribution in [3.8, 4) is 0 Å². The minimum absolute atomic E-state index is 0.0357. The number of hydrogen-bond donors (Lipinski definition) is 3. The first kappa shape index (κ1) is 22.2. The molecule has 3 aromatic carbocycles. The number of urea groups is 1. The summed E-state index contributed by atoms with van der Waals surface area (Å²) >= 11 is 0. The van der Waals surface area contributed by atoms with Crippen molar-refractivity contribution in [2.45, 2.75) is 25.6 Å². The number of benzene rings is 3. The zero-order valence-electron chi connectivity index (χ0n) is 17.9. The van der Waals surface area contributed by atoms with Crippen molar-refractivity contribution < 1.29 is 19.0 Å². The highest BCUT2D eigenvalue weighted by Gasteiger charge is 2.24. The number of nitrogens with zero attached hydrogens (tertiary/aromatic N) is 1. The average molecular weight is 438 g/mol. The lowest BCUT2D eigenvalue weighted by atomic mass is 10.1. The monoisotopic (exact) mass is 437 g/mol. The summed E-state index contributed by atoms with van der Waals surface area (Å²) in [5.74, 6) is -0.225. The summed E-state index contributed by atoms with van der Waals surface area (Å²) in [5.41, 5.74) is 2.73. The average Bonchev–Trinajstić information content (AvgIpc) is 3.21. The van der Waals surface area contributed by atoms with Crippen molar-refractivity contribution in [1.29, 1.82) is 0 Å². The normalized spacial score (nSPS) is 16.4. The maximum Gasteiger partial charge on any atom is 0.319 e. The Morgan fingerprint density at radius 3 is 2.81 bits per heavy atom. The van der Waals surface area contributed by atoms with E-state index in [1.807, 2.05) is 36.4 Å². The van der Waals surface area contributed by atoms with Crippen LogP contribution in [0.2, 0.25) is 0 Å². The van der Waals surface area contributed by atoms with E-state index in [1.165, 1.54) is 11.6 Å². The van der Waals surface area contributed by atoms with Crippen LogP contribution in [-0.4, -0.2) is 48.4 Å². The Hall–Kier alpha value is -3.00. The Morgan fingerprint density at radius 2 is 1.94 bits per heavy atom. The Labute approximate surface area is 187 Å². The van der Waals surface area contributed by atoms with Gasteiger partial charge in [-0.2, -0.15) is 0 Å². The van der Waals surface area contributed by atoms with Crippen LogP contribution in [0.5, 0.6) is 0 Å². The predicted octanol–water partition coefficient (Wildman–Crippen LogP) is 3.88. The smallest absolute Gasteiger partial charge is 0.319 e. The van der Waals surface area contributed by atoms with Crippen LogP contribution in [0.3, 0.4) is 0 Å². The molecule has 0 unspecified atom stereocenters. The van der Waals surface area contributed by atoms with Crippen LogP contribution in [0.15, 0.2) is 60.7 Å². The molecule has 0 bridgehead atoms. The molecule has 1 aliphatic rings. The standard InChI is InChI=1S/C25H28FN3O3/c26-22-8-7-19-13-18(5-6-20(19)14-22)15-29-10-9-23(16-29)27-25(31)28-24-4-2-1-3-21(24)17-32-12-11-30/h1-8,13-14,23,30H,9-12,15-17H2,(H2,27,28,31)/t23-/m1/s1. The number of para-hydroxylation sites is 1. The molecule has 1 fully saturated rings. The summed E-state index contributed by atoms with van der Waals surface area (Å²) in [4.78, 5) is 14.8. The molecule has 0 aromatic heterocycles. The van der Waals surface area contributed by atoms with E-state index >= 15 is 0 Å². The number of amides is 2. The first-order valence-corrected chi connectivity index (χ1v) is 10.9. The third kappa shape index (κ3) is 5.82. The molecule has 168 valence electrons. The molecule has 2 amide bonds. The molecule has 1 saturated heterocycles. The number of aliphatic hydroxyl groups excluding tert-OH is 1. The van der Waals surface area contributed by atoms with Crippen LogP contribution < -0.4 is 10.6 Å². The molecule has 3 N–H and O–H groups in total. The van der Waals surface area contributed by atoms with Gasteiger partial charge in [0, 0.05) is 36.9 Å². The summed E-state index contributed by atoms with van der Waals surface area (Å²) in [5, 5.41) is 16.8. The quantitative estimate of drug-likeness (QED) is 0.468. The third-order valence-corrected chi connectivity index (χ3v) is 5.64. The maximum absolute atomic E-state index is 13.4. The van der Waals surface area contributed by atoms with Crippen molar-refractivity contribution in [3.63, 3.8) is 0 Å². The van der Waals surface area contributed by atoms with Crippen LogP contribution in [-0.2, 0) is 17.9 Å². The van der Waals surface area contributed by atoms with Gasteiger partial charge in [0.15, 0.2) is 0 Å². The number of anilines is 1. The maximum atomic E-state index is 13.4. The highest BCUT2D eigenvalue weighted by molar-refractivity contribution is 5.90. The van der Waals surface area contributed by atoms with Gasteiger partial charge in [0.05, 0.1) is 19.8 Å². The highest BCUT2D eigenvalue weighted by Crippen LogP contribution is 2.21. The molecule has 4 rings (SSSR count). The fraction of sp³-hybridized carbons (Fsp3) is 0.320. The van der Waals surface area contributed by atoms with E-state index in [0.29, 0.717) is 12.3 Å². The summed E-state index contributed by atoms with van der Waals surface area (Å²) in [6, 6.07) is 18.2. The number of nitrogens with one attached hydrogen (secondary N) is 2. The van der Waals surface area contributed by atoms with E-state index in [2.05, 4.69) is 21.6 Å². The fourth-order valence-electron chi connectivity index (χ4n) is 4.08. The van der Waals surface area contributed by atoms with Gasteiger partial charge in [-0.15, -0.1) is 0 Å². The van der Waals surface area contributed by atoms with E-state index in [9.17, 15) is 9.18 Å². The van der Waals surface area contributed by atoms with Gasteiger partial charge in [-0.1, -0.05) is 36.4 Å². The molecule has 1 aliphatic heterocycles. The second-order valence-electron chi connectivity index (χ2n) is 8.08. The molecule has 3 aromatic rings. The Morgan fingerprint density at radius 1 is 1.12 bits per heavy atom. The van der Waals surface area contributed by atoms with Crippen molar-refractivity contribution in [3.05, 3.63) is 77.6 Å². The molecule has 0 saturated carbocycles. The SMILES string of the molecule is O=C(Nc1ccccc1COCCO)N[C@@H]1CCN(Cc2ccc3cc(F)ccc3c2)C1. The van der Waals surface area contributed by atoms with E-state index in [1.54, 1.807) is 12.1 Å². The molecule has 1 heterocycles. The summed E-state index contributed by atoms with van der Waals surface area (Å²) < 4.78 is 18.8. The topological polar surface area (TPSA) is 73.8 Å². The molecule has 0 aliphatic carbocycles. The van der Waals surface area contributed by atoms with E-state index < -0.39 is 0 Å². The van der Waals surface area contributed by atoms with Crippen LogP contribution >= 0.6 is 0 Å². The van der Waals surface area contributed by atoms with Gasteiger partial charge in [-0.3, -0.25) is 4.90 Å². The van der Waals surface area contributed by atoms with Gasteiger partial charge < -0.3 is 20.5 Å². The van der Waals surface area contributed by atoms with Gasteiger partial charge in [0.1, 0.15) is 5.82 Å². The highest BCUT2D eigenvalue weighted by atomic mass is 19.1. The zero-order valence-corrected chi connectivity index (χ0v) is 17.9. The van der Waals surface area contributed by atoms with Crippen molar-refractivity contribution in [2.24, 2.45) is 0 Å². The number of hydrogen-bond acceptors (Lipinski definition) is 4. The minimum Gasteiger partial charge on any atom is -0.394 e. The van der Waals surface area contributed by atoms with Gasteiger partial charge >= 0.3 is 6.03 Å². The lowest BCUT2D eigenvalue weighted by molar-refractivity contribution is 0.0818. The van der Waals surface area contributed by atoms with Gasteiger partial charge in [-0.25, -0.2) is 9.18 Å². The Balaban J connectivity index is 1.29. The third-order valence-electron chi connectivity index (χ3n) is 5.64. The van der Waals surface area contributed by atoms with Crippen molar-refractivity contribution in [2.75, 3.05) is 31.6 Å². The summed E-state index contributed by atoms with van der Waals surface area (Å²) in [6.07, 6.45) is 0.882. The van der Waals surface area contributed by atoms with Crippen LogP contribution in [0.1, 0.15) is 17.5 Å². The van der Waals surface area contributed by atoms with Crippen molar-refractivity contribution in [1.82, 2.24) is 10.2 Å². The predicted molar refractivity (Wildman–Crippen MR) is 123 cm³/mol. The van der Waals surface area contributed by atoms with Gasteiger partial charge in [-0.05, 0) is 47.0 Å². The molecule has 1 atom stereocenters. The van der Waals surface area contributed by atoms with Crippen molar-refractivity contribution >= 4 is 22.5 Å². The zero-order chi connectivity index (χ0) is 22.3. The second-order valence-corrected chi connectivity index (χ2v) is 8.08. The lowest BCUT2D eigenvalue weighted by Crippen LogP contribution is -2.39. The minimum atomic E-state index is -0.237. The van der Waals surface area contributed by atoms with Crippen LogP contribution in [0.4, 0.5) is 14.9 Å². The number of halogens is 1. The Bertz CT molecular complexity index is 1080. The van der Waals surface area contributed by atoms with Gasteiger partial charge in [0.25, 0.3) is 0 Å². The molecule has 0 radical (unpaired) electrons. The number of fused-ring (bicyclic) bond motifs is 1. The number of rotatable bonds is 8. The van der Waals surface area contributed by atoms with Crippen LogP contribution in [0.25, 0.3) is 10.8 Å². The second kappa shape index (κ2) is 10.5. The number of carbonyl (C=O) groups excluding carboxylic acids is 1. The first-order chi connectivity index (χ1) is 15.6. The molecule has 6 nitrogen and oxygen atoms in total. The fourth-order valence-corrected chi connectivity index (χ4v) is 4.08. The molecule has 7 heteroatoms. The number of carbonyl (C=O) groups is 1. The molecule has 0 spiro atoms. The van der Waals surface area contributed by atoms with E-state index in [-0.39, 0.29) is 31.1 Å². The van der Waals surface area contributed by atoms with Crippen LogP contribution in [0, 0.1) is 5.82 Å². The number of aliphatic hydroxyl groups is 1. The number of likely N-dealkylation sites (tertiary alicyclic amines) is 1. The largest absolute Gasteiger partial charge is 0.394 e. The first-order valence-electron chi connectivity index (χ1n) is 10.9.